The van der Waals surface area contributed by atoms with Crippen molar-refractivity contribution in [1.82, 2.24) is 4.98 Å². The van der Waals surface area contributed by atoms with Crippen molar-refractivity contribution in [2.24, 2.45) is 5.92 Å². The van der Waals surface area contributed by atoms with E-state index in [4.69, 9.17) is 11.6 Å². The third kappa shape index (κ3) is 5.17. The summed E-state index contributed by atoms with van der Waals surface area (Å²) in [5.74, 6) is 1.56. The highest BCUT2D eigenvalue weighted by molar-refractivity contribution is 9.10. The van der Waals surface area contributed by atoms with Crippen LogP contribution in [0.3, 0.4) is 0 Å². The summed E-state index contributed by atoms with van der Waals surface area (Å²) in [5.41, 5.74) is 0. The van der Waals surface area contributed by atoms with Crippen LogP contribution >= 0.6 is 27.5 Å². The first-order valence-electron chi connectivity index (χ1n) is 5.64. The van der Waals surface area contributed by atoms with Crippen LogP contribution in [-0.4, -0.2) is 11.5 Å². The van der Waals surface area contributed by atoms with E-state index in [-0.39, 0.29) is 0 Å². The van der Waals surface area contributed by atoms with E-state index < -0.39 is 0 Å². The number of pyridine rings is 1. The van der Waals surface area contributed by atoms with Crippen molar-refractivity contribution in [3.63, 3.8) is 0 Å². The fourth-order valence-corrected chi connectivity index (χ4v) is 2.13. The monoisotopic (exact) mass is 304 g/mol. The Morgan fingerprint density at radius 2 is 2.19 bits per heavy atom. The molecule has 0 amide bonds. The third-order valence-electron chi connectivity index (χ3n) is 2.31. The van der Waals surface area contributed by atoms with Crippen molar-refractivity contribution in [3.8, 4) is 0 Å². The summed E-state index contributed by atoms with van der Waals surface area (Å²) in [6.07, 6.45) is 5.44. The van der Waals surface area contributed by atoms with Gasteiger partial charge in [-0.2, -0.15) is 0 Å². The molecule has 1 heterocycles. The molecule has 0 unspecified atom stereocenters. The molecule has 0 aliphatic heterocycles. The average molecular weight is 306 g/mol. The van der Waals surface area contributed by atoms with Crippen LogP contribution in [-0.2, 0) is 0 Å². The van der Waals surface area contributed by atoms with Crippen LogP contribution in [0.15, 0.2) is 16.7 Å². The van der Waals surface area contributed by atoms with Crippen molar-refractivity contribution in [3.05, 3.63) is 21.8 Å². The van der Waals surface area contributed by atoms with Gasteiger partial charge in [0.2, 0.25) is 0 Å². The van der Waals surface area contributed by atoms with E-state index in [9.17, 15) is 0 Å². The first-order chi connectivity index (χ1) is 7.59. The number of nitrogens with one attached hydrogen (secondary N) is 1. The van der Waals surface area contributed by atoms with Gasteiger partial charge in [0.1, 0.15) is 5.82 Å². The van der Waals surface area contributed by atoms with Gasteiger partial charge in [-0.25, -0.2) is 4.98 Å². The maximum Gasteiger partial charge on any atom is 0.144 e. The zero-order valence-electron chi connectivity index (χ0n) is 9.76. The van der Waals surface area contributed by atoms with Crippen molar-refractivity contribution < 1.29 is 0 Å². The van der Waals surface area contributed by atoms with Gasteiger partial charge in [0, 0.05) is 17.2 Å². The number of aromatic nitrogens is 1. The second-order valence-electron chi connectivity index (χ2n) is 4.30. The van der Waals surface area contributed by atoms with Crippen LogP contribution in [0.1, 0.15) is 33.1 Å². The molecule has 1 N–H and O–H groups in total. The van der Waals surface area contributed by atoms with E-state index in [0.29, 0.717) is 5.02 Å². The molecule has 4 heteroatoms. The highest BCUT2D eigenvalue weighted by atomic mass is 79.9. The quantitative estimate of drug-likeness (QED) is 0.768. The first kappa shape index (κ1) is 13.8. The summed E-state index contributed by atoms with van der Waals surface area (Å²) in [6, 6.07) is 1.85. The zero-order valence-corrected chi connectivity index (χ0v) is 12.1. The number of rotatable bonds is 6. The van der Waals surface area contributed by atoms with Crippen LogP contribution in [0.4, 0.5) is 5.82 Å². The lowest BCUT2D eigenvalue weighted by molar-refractivity contribution is 0.544. The molecular formula is C12H18BrClN2. The second kappa shape index (κ2) is 7.13. The summed E-state index contributed by atoms with van der Waals surface area (Å²) in [5, 5.41) is 3.92. The minimum Gasteiger partial charge on any atom is -0.369 e. The minimum atomic E-state index is 0.665. The van der Waals surface area contributed by atoms with E-state index in [1.165, 1.54) is 12.8 Å². The minimum absolute atomic E-state index is 0.665. The standard InChI is InChI=1S/C12H18BrClN2/c1-9(2)5-3-4-6-15-12-11(14)7-10(13)8-16-12/h7-9H,3-6H2,1-2H3,(H,15,16). The predicted octanol–water partition coefficient (Wildman–Crippen LogP) is 4.74. The average Bonchev–Trinajstić information content (AvgIpc) is 2.20. The summed E-state index contributed by atoms with van der Waals surface area (Å²) in [4.78, 5) is 4.22. The molecule has 16 heavy (non-hydrogen) atoms. The van der Waals surface area contributed by atoms with E-state index in [0.717, 1.165) is 29.2 Å². The lowest BCUT2D eigenvalue weighted by Gasteiger charge is -2.08. The smallest absolute Gasteiger partial charge is 0.144 e. The number of nitrogens with zero attached hydrogens (tertiary/aromatic N) is 1. The summed E-state index contributed by atoms with van der Waals surface area (Å²) < 4.78 is 0.905. The SMILES string of the molecule is CC(C)CCCCNc1ncc(Br)cc1Cl. The van der Waals surface area contributed by atoms with Crippen LogP contribution < -0.4 is 5.32 Å². The normalized spacial score (nSPS) is 10.8. The van der Waals surface area contributed by atoms with Gasteiger partial charge >= 0.3 is 0 Å². The van der Waals surface area contributed by atoms with Gasteiger partial charge in [-0.15, -0.1) is 0 Å². The molecule has 2 nitrogen and oxygen atoms in total. The topological polar surface area (TPSA) is 24.9 Å². The van der Waals surface area contributed by atoms with Crippen molar-refractivity contribution in [2.45, 2.75) is 33.1 Å². The van der Waals surface area contributed by atoms with Crippen LogP contribution in [0.5, 0.6) is 0 Å². The Bertz CT molecular complexity index is 329. The Hall–Kier alpha value is -0.280. The molecule has 0 aromatic carbocycles. The maximum atomic E-state index is 6.04. The fourth-order valence-electron chi connectivity index (χ4n) is 1.43. The molecule has 0 atom stereocenters. The van der Waals surface area contributed by atoms with E-state index in [1.54, 1.807) is 6.20 Å². The molecule has 0 saturated carbocycles. The molecule has 1 aromatic rings. The van der Waals surface area contributed by atoms with Gasteiger partial charge < -0.3 is 5.32 Å². The number of unbranched alkanes of at least 4 members (excludes halogenated alkanes) is 1. The Labute approximate surface area is 111 Å². The lowest BCUT2D eigenvalue weighted by atomic mass is 10.1. The number of hydrogen-bond donors (Lipinski definition) is 1. The summed E-state index contributed by atoms with van der Waals surface area (Å²) in [6.45, 7) is 5.43. The molecular weight excluding hydrogens is 288 g/mol. The van der Waals surface area contributed by atoms with E-state index >= 15 is 0 Å². The zero-order chi connectivity index (χ0) is 12.0. The van der Waals surface area contributed by atoms with Crippen molar-refractivity contribution in [2.75, 3.05) is 11.9 Å². The molecule has 0 aliphatic carbocycles. The largest absolute Gasteiger partial charge is 0.369 e. The number of anilines is 1. The van der Waals surface area contributed by atoms with Gasteiger partial charge in [0.05, 0.1) is 5.02 Å². The maximum absolute atomic E-state index is 6.04. The highest BCUT2D eigenvalue weighted by Crippen LogP contribution is 2.22. The highest BCUT2D eigenvalue weighted by Gasteiger charge is 2.01. The molecule has 0 aliphatic rings. The summed E-state index contributed by atoms with van der Waals surface area (Å²) in [7, 11) is 0. The predicted molar refractivity (Wildman–Crippen MR) is 74.1 cm³/mol. The van der Waals surface area contributed by atoms with Gasteiger partial charge in [-0.1, -0.05) is 38.3 Å². The molecule has 0 spiro atoms. The third-order valence-corrected chi connectivity index (χ3v) is 3.03. The molecule has 90 valence electrons. The van der Waals surface area contributed by atoms with Gasteiger partial charge in [-0.3, -0.25) is 0 Å². The van der Waals surface area contributed by atoms with Crippen LogP contribution in [0.2, 0.25) is 5.02 Å². The Kier molecular flexibility index (Phi) is 6.14. The van der Waals surface area contributed by atoms with Gasteiger partial charge in [0.15, 0.2) is 0 Å². The van der Waals surface area contributed by atoms with Gasteiger partial charge in [-0.05, 0) is 34.3 Å². The molecule has 0 radical (unpaired) electrons. The first-order valence-corrected chi connectivity index (χ1v) is 6.81. The molecule has 0 fully saturated rings. The molecule has 0 saturated heterocycles. The Morgan fingerprint density at radius 1 is 1.44 bits per heavy atom. The van der Waals surface area contributed by atoms with E-state index in [1.807, 2.05) is 6.07 Å². The van der Waals surface area contributed by atoms with Gasteiger partial charge in [0.25, 0.3) is 0 Å². The van der Waals surface area contributed by atoms with Crippen molar-refractivity contribution in [1.29, 1.82) is 0 Å². The number of hydrogen-bond acceptors (Lipinski definition) is 2. The second-order valence-corrected chi connectivity index (χ2v) is 5.62. The molecule has 1 aromatic heterocycles. The Morgan fingerprint density at radius 3 is 2.81 bits per heavy atom. The van der Waals surface area contributed by atoms with Crippen molar-refractivity contribution >= 4 is 33.3 Å². The molecule has 1 rings (SSSR count). The van der Waals surface area contributed by atoms with Crippen LogP contribution in [0, 0.1) is 5.92 Å². The molecule has 0 bridgehead atoms. The lowest BCUT2D eigenvalue weighted by Crippen LogP contribution is -2.04. The number of halogens is 2. The van der Waals surface area contributed by atoms with Crippen LogP contribution in [0.25, 0.3) is 0 Å². The fraction of sp³-hybridized carbons (Fsp3) is 0.583. The summed E-state index contributed by atoms with van der Waals surface area (Å²) >= 11 is 9.37. The Balaban J connectivity index is 2.27. The van der Waals surface area contributed by atoms with E-state index in [2.05, 4.69) is 40.1 Å².